The minimum atomic E-state index is -0.854. The second-order valence-corrected chi connectivity index (χ2v) is 25.3. The van der Waals surface area contributed by atoms with Crippen molar-refractivity contribution < 1.29 is 24.5 Å². The zero-order chi connectivity index (χ0) is 59.2. The highest BCUT2D eigenvalue weighted by molar-refractivity contribution is 5.76. The van der Waals surface area contributed by atoms with Crippen LogP contribution in [0, 0.1) is 0 Å². The molecule has 1 amide bonds. The van der Waals surface area contributed by atoms with Gasteiger partial charge in [0.2, 0.25) is 5.91 Å². The molecule has 0 fully saturated rings. The van der Waals surface area contributed by atoms with E-state index in [-0.39, 0.29) is 18.5 Å². The maximum absolute atomic E-state index is 12.5. The summed E-state index contributed by atoms with van der Waals surface area (Å²) >= 11 is 0. The van der Waals surface area contributed by atoms with Gasteiger partial charge in [-0.25, -0.2) is 0 Å². The zero-order valence-electron chi connectivity index (χ0n) is 55.2. The van der Waals surface area contributed by atoms with E-state index in [0.29, 0.717) is 19.4 Å². The number of hydrogen-bond donors (Lipinski definition) is 3. The van der Waals surface area contributed by atoms with Gasteiger partial charge in [-0.1, -0.05) is 345 Å². The number of carbonyl (C=O) groups is 2. The Bertz CT molecular complexity index is 1370. The summed E-state index contributed by atoms with van der Waals surface area (Å²) in [5.74, 6) is -0.0708. The lowest BCUT2D eigenvalue weighted by molar-refractivity contribution is -0.143. The van der Waals surface area contributed by atoms with E-state index in [9.17, 15) is 19.8 Å². The van der Waals surface area contributed by atoms with E-state index in [1.807, 2.05) is 6.08 Å². The first kappa shape index (κ1) is 79.8. The molecule has 2 atom stereocenters. The number of esters is 1. The normalized spacial score (nSPS) is 12.8. The molecular formula is C76H143NO5. The van der Waals surface area contributed by atoms with Gasteiger partial charge in [-0.3, -0.25) is 9.59 Å². The van der Waals surface area contributed by atoms with Gasteiger partial charge >= 0.3 is 5.97 Å². The van der Waals surface area contributed by atoms with E-state index in [1.165, 1.54) is 308 Å². The van der Waals surface area contributed by atoms with Crippen LogP contribution in [0.5, 0.6) is 0 Å². The van der Waals surface area contributed by atoms with E-state index in [0.717, 1.165) is 64.2 Å². The molecule has 0 rings (SSSR count). The van der Waals surface area contributed by atoms with Crippen LogP contribution in [0.1, 0.15) is 399 Å². The van der Waals surface area contributed by atoms with Gasteiger partial charge in [0.15, 0.2) is 0 Å². The maximum Gasteiger partial charge on any atom is 0.305 e. The summed E-state index contributed by atoms with van der Waals surface area (Å²) in [4.78, 5) is 24.6. The first-order valence-corrected chi connectivity index (χ1v) is 36.9. The van der Waals surface area contributed by atoms with Crippen molar-refractivity contribution in [3.05, 3.63) is 48.6 Å². The molecule has 0 saturated heterocycles. The molecule has 0 heterocycles. The van der Waals surface area contributed by atoms with Gasteiger partial charge in [-0.05, 0) is 89.9 Å². The summed E-state index contributed by atoms with van der Waals surface area (Å²) < 4.78 is 5.50. The van der Waals surface area contributed by atoms with Crippen molar-refractivity contribution in [1.29, 1.82) is 0 Å². The van der Waals surface area contributed by atoms with Crippen molar-refractivity contribution in [2.45, 2.75) is 411 Å². The number of hydrogen-bond acceptors (Lipinski definition) is 5. The SMILES string of the molecule is CCCCCCCCC/C=C\CCCCCCCCCC(=O)OCCCCCCCCCCC/C=C\C/C=C\CCCCCCCCCC(=O)NC(CO)C(O)/C=C/CCCCCCCCCCCCCCCCCCCCCCCC. The van der Waals surface area contributed by atoms with Gasteiger partial charge in [0.1, 0.15) is 0 Å². The van der Waals surface area contributed by atoms with Crippen LogP contribution in [0.4, 0.5) is 0 Å². The van der Waals surface area contributed by atoms with Gasteiger partial charge in [-0.15, -0.1) is 0 Å². The number of aliphatic hydroxyl groups is 2. The van der Waals surface area contributed by atoms with E-state index in [1.54, 1.807) is 6.08 Å². The Kier molecular flexibility index (Phi) is 69.4. The zero-order valence-corrected chi connectivity index (χ0v) is 55.2. The molecule has 2 unspecified atom stereocenters. The molecule has 0 aliphatic heterocycles. The highest BCUT2D eigenvalue weighted by Crippen LogP contribution is 2.18. The van der Waals surface area contributed by atoms with E-state index >= 15 is 0 Å². The van der Waals surface area contributed by atoms with Crippen molar-refractivity contribution in [2.75, 3.05) is 13.2 Å². The van der Waals surface area contributed by atoms with Crippen LogP contribution in [-0.4, -0.2) is 47.4 Å². The number of nitrogens with one attached hydrogen (secondary N) is 1. The standard InChI is InChI=1S/C76H143NO5/c1-3-5-7-9-11-13-15-17-19-21-23-24-25-27-30-33-36-40-44-48-52-56-60-64-68-74(79)73(72-78)77-75(80)69-65-61-57-53-49-45-41-37-34-31-28-26-29-32-35-39-43-47-51-55-59-63-67-71-82-76(81)70-66-62-58-54-50-46-42-38-22-20-18-16-14-12-10-8-6-4-2/h20,22,26,29,31,34,64,68,73-74,78-79H,3-19,21,23-25,27-28,30,32-33,35-63,65-67,69-72H2,1-2H3,(H,77,80)/b22-20-,29-26-,34-31-,68-64+. The molecule has 0 bridgehead atoms. The number of ether oxygens (including phenoxy) is 1. The van der Waals surface area contributed by atoms with Crippen molar-refractivity contribution in [3.8, 4) is 0 Å². The summed E-state index contributed by atoms with van der Waals surface area (Å²) in [6.07, 6.45) is 93.4. The van der Waals surface area contributed by atoms with Gasteiger partial charge in [0, 0.05) is 12.8 Å². The second kappa shape index (κ2) is 71.3. The average Bonchev–Trinajstić information content (AvgIpc) is 3.48. The molecule has 6 nitrogen and oxygen atoms in total. The molecule has 0 saturated carbocycles. The second-order valence-electron chi connectivity index (χ2n) is 25.3. The quantitative estimate of drug-likeness (QED) is 0.0320. The summed E-state index contributed by atoms with van der Waals surface area (Å²) in [6.45, 7) is 4.93. The van der Waals surface area contributed by atoms with Crippen molar-refractivity contribution in [1.82, 2.24) is 5.32 Å². The molecule has 0 aliphatic carbocycles. The fourth-order valence-electron chi connectivity index (χ4n) is 11.4. The molecule has 82 heavy (non-hydrogen) atoms. The van der Waals surface area contributed by atoms with Crippen LogP contribution in [0.25, 0.3) is 0 Å². The Morgan fingerprint density at radius 3 is 0.939 bits per heavy atom. The minimum absolute atomic E-state index is 0.00410. The predicted molar refractivity (Wildman–Crippen MR) is 361 cm³/mol. The molecule has 0 aromatic rings. The van der Waals surface area contributed by atoms with E-state index in [4.69, 9.17) is 4.74 Å². The lowest BCUT2D eigenvalue weighted by Gasteiger charge is -2.20. The van der Waals surface area contributed by atoms with Gasteiger partial charge in [0.05, 0.1) is 25.4 Å². The Hall–Kier alpha value is -2.18. The lowest BCUT2D eigenvalue weighted by Crippen LogP contribution is -2.45. The molecule has 482 valence electrons. The number of unbranched alkanes of at least 4 members (excludes halogenated alkanes) is 52. The van der Waals surface area contributed by atoms with Crippen LogP contribution in [0.2, 0.25) is 0 Å². The molecule has 3 N–H and O–H groups in total. The fourth-order valence-corrected chi connectivity index (χ4v) is 11.4. The van der Waals surface area contributed by atoms with Crippen LogP contribution in [0.3, 0.4) is 0 Å². The van der Waals surface area contributed by atoms with Crippen molar-refractivity contribution >= 4 is 11.9 Å². The summed E-state index contributed by atoms with van der Waals surface area (Å²) in [7, 11) is 0. The average molecular weight is 1150 g/mol. The van der Waals surface area contributed by atoms with Crippen LogP contribution in [-0.2, 0) is 14.3 Å². The molecule has 0 aromatic heterocycles. The minimum Gasteiger partial charge on any atom is -0.466 e. The van der Waals surface area contributed by atoms with E-state index < -0.39 is 12.1 Å². The monoisotopic (exact) mass is 1150 g/mol. The number of allylic oxidation sites excluding steroid dienone is 7. The first-order chi connectivity index (χ1) is 40.5. The van der Waals surface area contributed by atoms with Gasteiger partial charge in [0.25, 0.3) is 0 Å². The predicted octanol–water partition coefficient (Wildman–Crippen LogP) is 24.0. The third-order valence-corrected chi connectivity index (χ3v) is 17.1. The Balaban J connectivity index is 3.46. The number of rotatable bonds is 69. The lowest BCUT2D eigenvalue weighted by atomic mass is 10.0. The molecule has 6 heteroatoms. The summed E-state index contributed by atoms with van der Waals surface area (Å²) in [5.41, 5.74) is 0. The fraction of sp³-hybridized carbons (Fsp3) is 0.868. The molecule has 0 aromatic carbocycles. The number of aliphatic hydroxyl groups excluding tert-OH is 2. The number of amides is 1. The van der Waals surface area contributed by atoms with Crippen molar-refractivity contribution in [2.24, 2.45) is 0 Å². The highest BCUT2D eigenvalue weighted by atomic mass is 16.5. The van der Waals surface area contributed by atoms with Crippen LogP contribution in [0.15, 0.2) is 48.6 Å². The largest absolute Gasteiger partial charge is 0.466 e. The molecule has 0 spiro atoms. The van der Waals surface area contributed by atoms with Crippen molar-refractivity contribution in [3.63, 3.8) is 0 Å². The first-order valence-electron chi connectivity index (χ1n) is 36.9. The Morgan fingerprint density at radius 1 is 0.341 bits per heavy atom. The third kappa shape index (κ3) is 67.0. The molecular weight excluding hydrogens is 1010 g/mol. The van der Waals surface area contributed by atoms with Gasteiger partial charge < -0.3 is 20.3 Å². The Labute approximate surface area is 512 Å². The van der Waals surface area contributed by atoms with Crippen LogP contribution >= 0.6 is 0 Å². The van der Waals surface area contributed by atoms with Gasteiger partial charge in [-0.2, -0.15) is 0 Å². The topological polar surface area (TPSA) is 95.9 Å². The maximum atomic E-state index is 12.5. The molecule has 0 radical (unpaired) electrons. The molecule has 0 aliphatic rings. The highest BCUT2D eigenvalue weighted by Gasteiger charge is 2.18. The Morgan fingerprint density at radius 2 is 0.610 bits per heavy atom. The third-order valence-electron chi connectivity index (χ3n) is 17.1. The smallest absolute Gasteiger partial charge is 0.305 e. The van der Waals surface area contributed by atoms with Crippen LogP contribution < -0.4 is 5.32 Å². The number of carbonyl (C=O) groups excluding carboxylic acids is 2. The summed E-state index contributed by atoms with van der Waals surface area (Å²) in [6, 6.07) is -0.638. The summed E-state index contributed by atoms with van der Waals surface area (Å²) in [5, 5.41) is 23.3. The van der Waals surface area contributed by atoms with E-state index in [2.05, 4.69) is 55.6 Å².